The lowest BCUT2D eigenvalue weighted by Gasteiger charge is -2.29. The molecule has 0 aliphatic carbocycles. The minimum Gasteiger partial charge on any atom is -0.337 e. The van der Waals surface area contributed by atoms with Gasteiger partial charge in [-0.05, 0) is 20.8 Å². The Kier molecular flexibility index (Phi) is 2.20. The molecule has 1 rings (SSSR count). The fourth-order valence-electron chi connectivity index (χ4n) is 0.738. The molecule has 66 valence electrons. The van der Waals surface area contributed by atoms with Crippen molar-refractivity contribution >= 4 is 0 Å². The maximum absolute atomic E-state index is 5.73. The summed E-state index contributed by atoms with van der Waals surface area (Å²) < 4.78 is 5.01. The molecule has 0 amide bonds. The van der Waals surface area contributed by atoms with Gasteiger partial charge >= 0.3 is 0 Å². The van der Waals surface area contributed by atoms with Gasteiger partial charge in [0.2, 0.25) is 0 Å². The molecule has 0 bridgehead atoms. The largest absolute Gasteiger partial charge is 0.337 e. The first-order valence-corrected chi connectivity index (χ1v) is 3.88. The van der Waals surface area contributed by atoms with Crippen molar-refractivity contribution < 1.29 is 4.74 Å². The fraction of sp³-hybridized carbons (Fsp3) is 1.00. The Morgan fingerprint density at radius 3 is 2.27 bits per heavy atom. The second-order valence-electron chi connectivity index (χ2n) is 3.68. The highest BCUT2D eigenvalue weighted by Crippen LogP contribution is 2.18. The number of rotatable bonds is 3. The van der Waals surface area contributed by atoms with Crippen LogP contribution in [0.15, 0.2) is 0 Å². The normalized spacial score (nSPS) is 33.5. The van der Waals surface area contributed by atoms with Crippen LogP contribution in [-0.4, -0.2) is 24.0 Å². The third-order valence-electron chi connectivity index (χ3n) is 2.18. The van der Waals surface area contributed by atoms with Crippen LogP contribution in [0.3, 0.4) is 0 Å². The quantitative estimate of drug-likeness (QED) is 0.478. The molecular weight excluding hydrogens is 142 g/mol. The topological polar surface area (TPSA) is 76.6 Å². The van der Waals surface area contributed by atoms with Crippen molar-refractivity contribution in [3.63, 3.8) is 0 Å². The standard InChI is InChI=1S/C7H17N3O/c1-4(8)7(2,3)10-6-5(9)11-6/h4-6,10H,8-9H2,1-3H3. The average Bonchev–Trinajstić information content (AvgIpc) is 2.45. The summed E-state index contributed by atoms with van der Waals surface area (Å²) in [7, 11) is 0. The van der Waals surface area contributed by atoms with Gasteiger partial charge in [-0.1, -0.05) is 0 Å². The monoisotopic (exact) mass is 159 g/mol. The minimum absolute atomic E-state index is 0.00370. The summed E-state index contributed by atoms with van der Waals surface area (Å²) in [5.41, 5.74) is 11.1. The predicted molar refractivity (Wildman–Crippen MR) is 43.7 cm³/mol. The average molecular weight is 159 g/mol. The smallest absolute Gasteiger partial charge is 0.150 e. The van der Waals surface area contributed by atoms with Crippen molar-refractivity contribution in [2.24, 2.45) is 11.5 Å². The first-order chi connectivity index (χ1) is 4.93. The lowest BCUT2D eigenvalue weighted by molar-refractivity contribution is 0.261. The Morgan fingerprint density at radius 1 is 1.55 bits per heavy atom. The van der Waals surface area contributed by atoms with Gasteiger partial charge in [0.05, 0.1) is 0 Å². The number of nitrogens with two attached hydrogens (primary N) is 2. The second kappa shape index (κ2) is 2.71. The molecule has 0 spiro atoms. The SMILES string of the molecule is CC(N)C(C)(C)NC1OC1N. The Balaban J connectivity index is 2.34. The molecule has 4 heteroatoms. The zero-order chi connectivity index (χ0) is 8.65. The van der Waals surface area contributed by atoms with Crippen LogP contribution in [0.25, 0.3) is 0 Å². The molecule has 0 radical (unpaired) electrons. The van der Waals surface area contributed by atoms with Crippen LogP contribution in [0.2, 0.25) is 0 Å². The van der Waals surface area contributed by atoms with Gasteiger partial charge in [0.15, 0.2) is 6.23 Å². The highest BCUT2D eigenvalue weighted by molar-refractivity contribution is 4.91. The highest BCUT2D eigenvalue weighted by Gasteiger charge is 2.40. The van der Waals surface area contributed by atoms with Crippen molar-refractivity contribution in [2.75, 3.05) is 0 Å². The van der Waals surface area contributed by atoms with Crippen LogP contribution >= 0.6 is 0 Å². The van der Waals surface area contributed by atoms with E-state index < -0.39 is 0 Å². The Hall–Kier alpha value is -0.160. The van der Waals surface area contributed by atoms with E-state index in [1.54, 1.807) is 0 Å². The van der Waals surface area contributed by atoms with Crippen LogP contribution in [0.1, 0.15) is 20.8 Å². The summed E-state index contributed by atoms with van der Waals surface area (Å²) in [6.45, 7) is 6.03. The summed E-state index contributed by atoms with van der Waals surface area (Å²) in [6, 6.07) is 0.0823. The Bertz CT molecular complexity index is 147. The molecule has 0 aromatic carbocycles. The van der Waals surface area contributed by atoms with Gasteiger partial charge in [-0.3, -0.25) is 5.32 Å². The first kappa shape index (κ1) is 8.93. The van der Waals surface area contributed by atoms with Gasteiger partial charge in [-0.2, -0.15) is 0 Å². The van der Waals surface area contributed by atoms with Crippen molar-refractivity contribution in [1.82, 2.24) is 5.32 Å². The summed E-state index contributed by atoms with van der Waals surface area (Å²) in [5.74, 6) is 0. The number of hydrogen-bond donors (Lipinski definition) is 3. The fourth-order valence-corrected chi connectivity index (χ4v) is 0.738. The van der Waals surface area contributed by atoms with Gasteiger partial charge < -0.3 is 16.2 Å². The number of nitrogens with one attached hydrogen (secondary N) is 1. The van der Waals surface area contributed by atoms with Crippen LogP contribution in [0.5, 0.6) is 0 Å². The molecule has 1 heterocycles. The molecule has 5 N–H and O–H groups in total. The second-order valence-corrected chi connectivity index (χ2v) is 3.68. The predicted octanol–water partition coefficient (Wildman–Crippen LogP) is -0.657. The van der Waals surface area contributed by atoms with E-state index in [9.17, 15) is 0 Å². The van der Waals surface area contributed by atoms with Gasteiger partial charge in [0.25, 0.3) is 0 Å². The van der Waals surface area contributed by atoms with Crippen molar-refractivity contribution in [3.05, 3.63) is 0 Å². The molecule has 1 saturated heterocycles. The van der Waals surface area contributed by atoms with E-state index >= 15 is 0 Å². The first-order valence-electron chi connectivity index (χ1n) is 3.88. The highest BCUT2D eigenvalue weighted by atomic mass is 16.6. The van der Waals surface area contributed by atoms with Gasteiger partial charge in [0.1, 0.15) is 6.23 Å². The van der Waals surface area contributed by atoms with Crippen molar-refractivity contribution in [2.45, 2.75) is 44.8 Å². The van der Waals surface area contributed by atoms with E-state index in [0.717, 1.165) is 0 Å². The van der Waals surface area contributed by atoms with E-state index in [4.69, 9.17) is 16.2 Å². The molecule has 0 aromatic heterocycles. The molecule has 1 aliphatic rings. The lowest BCUT2D eigenvalue weighted by atomic mass is 9.97. The number of ether oxygens (including phenoxy) is 1. The molecule has 4 nitrogen and oxygen atoms in total. The van der Waals surface area contributed by atoms with Crippen molar-refractivity contribution in [3.8, 4) is 0 Å². The van der Waals surface area contributed by atoms with Crippen LogP contribution in [0, 0.1) is 0 Å². The maximum Gasteiger partial charge on any atom is 0.150 e. The van der Waals surface area contributed by atoms with E-state index in [-0.39, 0.29) is 24.0 Å². The van der Waals surface area contributed by atoms with E-state index in [2.05, 4.69) is 5.32 Å². The molecule has 1 aliphatic heterocycles. The summed E-state index contributed by atoms with van der Waals surface area (Å²) in [4.78, 5) is 0. The zero-order valence-electron chi connectivity index (χ0n) is 7.29. The van der Waals surface area contributed by atoms with E-state index in [1.165, 1.54) is 0 Å². The Morgan fingerprint density at radius 2 is 2.00 bits per heavy atom. The van der Waals surface area contributed by atoms with Crippen LogP contribution in [0.4, 0.5) is 0 Å². The van der Waals surface area contributed by atoms with E-state index in [0.29, 0.717) is 0 Å². The summed E-state index contributed by atoms with van der Waals surface area (Å²) in [5, 5.41) is 3.21. The van der Waals surface area contributed by atoms with Gasteiger partial charge in [-0.15, -0.1) is 0 Å². The Labute approximate surface area is 67.3 Å². The molecule has 0 saturated carbocycles. The summed E-state index contributed by atoms with van der Waals surface area (Å²) >= 11 is 0. The third kappa shape index (κ3) is 2.13. The lowest BCUT2D eigenvalue weighted by Crippen LogP contribution is -2.54. The van der Waals surface area contributed by atoms with E-state index in [1.807, 2.05) is 20.8 Å². The maximum atomic E-state index is 5.73. The molecule has 3 unspecified atom stereocenters. The minimum atomic E-state index is -0.145. The van der Waals surface area contributed by atoms with Crippen LogP contribution in [-0.2, 0) is 4.74 Å². The molecule has 0 aromatic rings. The molecule has 1 fully saturated rings. The van der Waals surface area contributed by atoms with Crippen LogP contribution < -0.4 is 16.8 Å². The van der Waals surface area contributed by atoms with Gasteiger partial charge in [-0.25, -0.2) is 0 Å². The number of epoxide rings is 1. The zero-order valence-corrected chi connectivity index (χ0v) is 7.29. The molecular formula is C7H17N3O. The third-order valence-corrected chi connectivity index (χ3v) is 2.18. The van der Waals surface area contributed by atoms with Gasteiger partial charge in [0, 0.05) is 11.6 Å². The number of hydrogen-bond acceptors (Lipinski definition) is 4. The molecule has 11 heavy (non-hydrogen) atoms. The molecule has 3 atom stereocenters. The summed E-state index contributed by atoms with van der Waals surface area (Å²) in [6.07, 6.45) is -0.149. The van der Waals surface area contributed by atoms with Crippen molar-refractivity contribution in [1.29, 1.82) is 0 Å².